The summed E-state index contributed by atoms with van der Waals surface area (Å²) < 4.78 is 1.85. The monoisotopic (exact) mass is 327 g/mol. The fraction of sp³-hybridized carbons (Fsp3) is 0.353. The molecule has 0 aliphatic rings. The first kappa shape index (κ1) is 15.8. The van der Waals surface area contributed by atoms with Crippen LogP contribution in [-0.2, 0) is 5.75 Å². The minimum Gasteiger partial charge on any atom is -0.357 e. The fourth-order valence-corrected chi connectivity index (χ4v) is 3.40. The van der Waals surface area contributed by atoms with Crippen LogP contribution in [0.1, 0.15) is 25.1 Å². The normalized spacial score (nSPS) is 11.1. The van der Waals surface area contributed by atoms with E-state index in [9.17, 15) is 0 Å². The molecule has 6 heteroatoms. The number of thioether (sulfide) groups is 1. The number of fused-ring (bicyclic) bond motifs is 1. The van der Waals surface area contributed by atoms with Gasteiger partial charge in [-0.1, -0.05) is 47.3 Å². The molecule has 0 amide bonds. The minimum absolute atomic E-state index is 0.841. The van der Waals surface area contributed by atoms with Crippen LogP contribution in [0.2, 0.25) is 0 Å². The van der Waals surface area contributed by atoms with Crippen molar-refractivity contribution in [1.29, 1.82) is 0 Å². The SMILES string of the molecule is CCN(CC)c1cc(C)nc2c(SCc3ccccc3)nnn12. The van der Waals surface area contributed by atoms with Crippen molar-refractivity contribution in [2.24, 2.45) is 0 Å². The Bertz CT molecular complexity index is 780. The summed E-state index contributed by atoms with van der Waals surface area (Å²) in [6.45, 7) is 8.18. The van der Waals surface area contributed by atoms with Crippen LogP contribution in [0.3, 0.4) is 0 Å². The molecule has 0 radical (unpaired) electrons. The van der Waals surface area contributed by atoms with Gasteiger partial charge in [-0.15, -0.1) is 5.10 Å². The quantitative estimate of drug-likeness (QED) is 0.648. The van der Waals surface area contributed by atoms with Crippen LogP contribution in [0.5, 0.6) is 0 Å². The highest BCUT2D eigenvalue weighted by atomic mass is 32.2. The number of hydrogen-bond acceptors (Lipinski definition) is 5. The summed E-state index contributed by atoms with van der Waals surface area (Å²) in [6.07, 6.45) is 0. The molecular formula is C17H21N5S. The Morgan fingerprint density at radius 3 is 2.57 bits per heavy atom. The molecule has 0 aliphatic carbocycles. The third-order valence-corrected chi connectivity index (χ3v) is 4.78. The summed E-state index contributed by atoms with van der Waals surface area (Å²) in [5.74, 6) is 1.92. The summed E-state index contributed by atoms with van der Waals surface area (Å²) in [5, 5.41) is 9.56. The van der Waals surface area contributed by atoms with E-state index in [2.05, 4.69) is 64.4 Å². The van der Waals surface area contributed by atoms with Gasteiger partial charge in [-0.2, -0.15) is 4.52 Å². The van der Waals surface area contributed by atoms with Gasteiger partial charge in [0, 0.05) is 30.6 Å². The Labute approximate surface area is 140 Å². The number of rotatable bonds is 6. The van der Waals surface area contributed by atoms with E-state index in [0.717, 1.165) is 41.0 Å². The predicted molar refractivity (Wildman–Crippen MR) is 95.1 cm³/mol. The highest BCUT2D eigenvalue weighted by Gasteiger charge is 2.15. The van der Waals surface area contributed by atoms with E-state index in [0.29, 0.717) is 0 Å². The van der Waals surface area contributed by atoms with Crippen molar-refractivity contribution in [3.8, 4) is 0 Å². The first-order valence-electron chi connectivity index (χ1n) is 7.87. The largest absolute Gasteiger partial charge is 0.357 e. The second kappa shape index (κ2) is 7.00. The molecule has 0 aliphatic heterocycles. The van der Waals surface area contributed by atoms with Gasteiger partial charge in [0.15, 0.2) is 10.7 Å². The van der Waals surface area contributed by atoms with E-state index in [4.69, 9.17) is 0 Å². The lowest BCUT2D eigenvalue weighted by atomic mass is 10.2. The van der Waals surface area contributed by atoms with Crippen LogP contribution < -0.4 is 4.90 Å². The Kier molecular flexibility index (Phi) is 4.81. The lowest BCUT2D eigenvalue weighted by molar-refractivity contribution is 0.767. The molecule has 0 saturated carbocycles. The van der Waals surface area contributed by atoms with Gasteiger partial charge in [-0.05, 0) is 26.3 Å². The molecule has 23 heavy (non-hydrogen) atoms. The van der Waals surface area contributed by atoms with E-state index < -0.39 is 0 Å². The molecule has 0 saturated heterocycles. The van der Waals surface area contributed by atoms with Crippen molar-refractivity contribution >= 4 is 23.2 Å². The molecule has 0 spiro atoms. The lowest BCUT2D eigenvalue weighted by Crippen LogP contribution is -2.25. The molecule has 0 fully saturated rings. The second-order valence-corrected chi connectivity index (χ2v) is 6.30. The van der Waals surface area contributed by atoms with Crippen molar-refractivity contribution in [3.05, 3.63) is 47.7 Å². The van der Waals surface area contributed by atoms with Gasteiger partial charge in [0.25, 0.3) is 0 Å². The van der Waals surface area contributed by atoms with Crippen LogP contribution in [-0.4, -0.2) is 32.9 Å². The zero-order valence-corrected chi connectivity index (χ0v) is 14.5. The minimum atomic E-state index is 0.841. The van der Waals surface area contributed by atoms with Crippen molar-refractivity contribution in [2.75, 3.05) is 18.0 Å². The highest BCUT2D eigenvalue weighted by molar-refractivity contribution is 7.98. The topological polar surface area (TPSA) is 46.3 Å². The Hall–Kier alpha value is -2.08. The van der Waals surface area contributed by atoms with Crippen molar-refractivity contribution < 1.29 is 0 Å². The van der Waals surface area contributed by atoms with E-state index in [1.54, 1.807) is 11.8 Å². The third-order valence-electron chi connectivity index (χ3n) is 3.76. The maximum Gasteiger partial charge on any atom is 0.192 e. The van der Waals surface area contributed by atoms with Gasteiger partial charge in [-0.3, -0.25) is 0 Å². The van der Waals surface area contributed by atoms with Gasteiger partial charge in [-0.25, -0.2) is 4.98 Å². The molecule has 2 heterocycles. The fourth-order valence-electron chi connectivity index (χ4n) is 2.55. The van der Waals surface area contributed by atoms with Crippen molar-refractivity contribution in [1.82, 2.24) is 19.8 Å². The summed E-state index contributed by atoms with van der Waals surface area (Å²) in [6, 6.07) is 12.5. The molecule has 0 N–H and O–H groups in total. The van der Waals surface area contributed by atoms with Gasteiger partial charge in [0.05, 0.1) is 0 Å². The van der Waals surface area contributed by atoms with E-state index in [1.807, 2.05) is 17.5 Å². The Morgan fingerprint density at radius 2 is 1.87 bits per heavy atom. The summed E-state index contributed by atoms with van der Waals surface area (Å²) in [7, 11) is 0. The van der Waals surface area contributed by atoms with Crippen LogP contribution >= 0.6 is 11.8 Å². The lowest BCUT2D eigenvalue weighted by Gasteiger charge is -2.21. The molecule has 3 aromatic rings. The third kappa shape index (κ3) is 3.32. The van der Waals surface area contributed by atoms with Gasteiger partial charge >= 0.3 is 0 Å². The van der Waals surface area contributed by atoms with Crippen molar-refractivity contribution in [2.45, 2.75) is 31.6 Å². The first-order chi connectivity index (χ1) is 11.2. The summed E-state index contributed by atoms with van der Waals surface area (Å²) in [4.78, 5) is 6.92. The maximum atomic E-state index is 4.65. The molecule has 120 valence electrons. The predicted octanol–water partition coefficient (Wildman–Crippen LogP) is 3.57. The highest BCUT2D eigenvalue weighted by Crippen LogP contribution is 2.26. The number of aromatic nitrogens is 4. The number of hydrogen-bond donors (Lipinski definition) is 0. The van der Waals surface area contributed by atoms with Gasteiger partial charge in [0.1, 0.15) is 5.82 Å². The summed E-state index contributed by atoms with van der Waals surface area (Å²) >= 11 is 1.68. The summed E-state index contributed by atoms with van der Waals surface area (Å²) in [5.41, 5.74) is 3.10. The number of aryl methyl sites for hydroxylation is 1. The van der Waals surface area contributed by atoms with E-state index in [-0.39, 0.29) is 0 Å². The smallest absolute Gasteiger partial charge is 0.192 e. The second-order valence-electron chi connectivity index (χ2n) is 5.33. The molecule has 0 atom stereocenters. The van der Waals surface area contributed by atoms with Crippen LogP contribution in [0.25, 0.3) is 5.65 Å². The molecule has 0 unspecified atom stereocenters. The Balaban J connectivity index is 1.93. The molecule has 0 bridgehead atoms. The standard InChI is InChI=1S/C17H21N5S/c1-4-21(5-2)15-11-13(3)18-16-17(19-20-22(15)16)23-12-14-9-7-6-8-10-14/h6-11H,4-5,12H2,1-3H3. The number of nitrogens with zero attached hydrogens (tertiary/aromatic N) is 5. The maximum absolute atomic E-state index is 4.65. The molecule has 5 nitrogen and oxygen atoms in total. The van der Waals surface area contributed by atoms with Crippen LogP contribution in [0, 0.1) is 6.92 Å². The zero-order valence-electron chi connectivity index (χ0n) is 13.7. The van der Waals surface area contributed by atoms with E-state index >= 15 is 0 Å². The molecule has 2 aromatic heterocycles. The number of anilines is 1. The molecular weight excluding hydrogens is 306 g/mol. The van der Waals surface area contributed by atoms with Gasteiger partial charge in [0.2, 0.25) is 0 Å². The van der Waals surface area contributed by atoms with E-state index in [1.165, 1.54) is 5.56 Å². The average Bonchev–Trinajstić information content (AvgIpc) is 2.98. The molecule has 3 rings (SSSR count). The Morgan fingerprint density at radius 1 is 1.13 bits per heavy atom. The molecule has 1 aromatic carbocycles. The number of benzene rings is 1. The van der Waals surface area contributed by atoms with Gasteiger partial charge < -0.3 is 4.90 Å². The average molecular weight is 327 g/mol. The zero-order chi connectivity index (χ0) is 16.2. The van der Waals surface area contributed by atoms with Crippen LogP contribution in [0.15, 0.2) is 41.4 Å². The first-order valence-corrected chi connectivity index (χ1v) is 8.86. The van der Waals surface area contributed by atoms with Crippen LogP contribution in [0.4, 0.5) is 5.82 Å². The van der Waals surface area contributed by atoms with Crippen molar-refractivity contribution in [3.63, 3.8) is 0 Å².